The smallest absolute Gasteiger partial charge is 0.146 e. The lowest BCUT2D eigenvalue weighted by molar-refractivity contribution is -0.127. The molecule has 0 spiro atoms. The van der Waals surface area contributed by atoms with Gasteiger partial charge in [0.05, 0.1) is 22.8 Å². The molecule has 0 aromatic carbocycles. The highest BCUT2D eigenvalue weighted by Crippen LogP contribution is 2.39. The van der Waals surface area contributed by atoms with Gasteiger partial charge >= 0.3 is 0 Å². The van der Waals surface area contributed by atoms with Gasteiger partial charge in [0, 0.05) is 18.5 Å². The van der Waals surface area contributed by atoms with Crippen LogP contribution in [0.25, 0.3) is 0 Å². The third-order valence-electron chi connectivity index (χ3n) is 4.32. The second-order valence-corrected chi connectivity index (χ2v) is 5.83. The summed E-state index contributed by atoms with van der Waals surface area (Å²) in [7, 11) is 0. The molecule has 0 unspecified atom stereocenters. The number of ketones is 1. The van der Waals surface area contributed by atoms with Crippen LogP contribution in [0.3, 0.4) is 0 Å². The van der Waals surface area contributed by atoms with Crippen molar-refractivity contribution < 1.29 is 4.79 Å². The Labute approximate surface area is 119 Å². The first-order valence-electron chi connectivity index (χ1n) is 6.99. The van der Waals surface area contributed by atoms with Crippen molar-refractivity contribution in [2.24, 2.45) is 11.1 Å². The third kappa shape index (κ3) is 2.56. The molecule has 1 heterocycles. The van der Waals surface area contributed by atoms with Crippen molar-refractivity contribution in [2.45, 2.75) is 52.5 Å². The lowest BCUT2D eigenvalue weighted by Crippen LogP contribution is -2.37. The summed E-state index contributed by atoms with van der Waals surface area (Å²) in [5, 5.41) is 4.98. The van der Waals surface area contributed by atoms with Crippen LogP contribution in [0, 0.1) is 12.3 Å². The van der Waals surface area contributed by atoms with Crippen molar-refractivity contribution >= 4 is 17.4 Å². The van der Waals surface area contributed by atoms with E-state index in [2.05, 4.69) is 5.10 Å². The van der Waals surface area contributed by atoms with E-state index in [0.717, 1.165) is 43.6 Å². The van der Waals surface area contributed by atoms with Gasteiger partial charge in [-0.2, -0.15) is 5.10 Å². The molecule has 0 saturated heterocycles. The Morgan fingerprint density at radius 1 is 1.47 bits per heavy atom. The molecule has 106 valence electrons. The molecule has 0 radical (unpaired) electrons. The van der Waals surface area contributed by atoms with Gasteiger partial charge in [0.25, 0.3) is 0 Å². The largest absolute Gasteiger partial charge is 0.329 e. The SMILES string of the molecule is CCn1nc(C)c(Cl)c1CC(=O)C1(CN)CCCC1. The van der Waals surface area contributed by atoms with E-state index >= 15 is 0 Å². The number of nitrogens with zero attached hydrogens (tertiary/aromatic N) is 2. The average molecular weight is 284 g/mol. The molecule has 1 aliphatic rings. The van der Waals surface area contributed by atoms with Crippen molar-refractivity contribution in [3.8, 4) is 0 Å². The highest BCUT2D eigenvalue weighted by atomic mass is 35.5. The van der Waals surface area contributed by atoms with Crippen LogP contribution in [0.5, 0.6) is 0 Å². The fourth-order valence-electron chi connectivity index (χ4n) is 3.03. The van der Waals surface area contributed by atoms with Crippen LogP contribution < -0.4 is 5.73 Å². The van der Waals surface area contributed by atoms with Gasteiger partial charge in [-0.1, -0.05) is 24.4 Å². The van der Waals surface area contributed by atoms with Crippen LogP contribution >= 0.6 is 11.6 Å². The van der Waals surface area contributed by atoms with Crippen molar-refractivity contribution in [3.05, 3.63) is 16.4 Å². The summed E-state index contributed by atoms with van der Waals surface area (Å²) in [6, 6.07) is 0. The molecule has 0 bridgehead atoms. The molecule has 1 saturated carbocycles. The highest BCUT2D eigenvalue weighted by molar-refractivity contribution is 6.32. The minimum absolute atomic E-state index is 0.226. The summed E-state index contributed by atoms with van der Waals surface area (Å²) in [5.41, 5.74) is 7.17. The number of rotatable bonds is 5. The second kappa shape index (κ2) is 5.63. The van der Waals surface area contributed by atoms with E-state index in [1.165, 1.54) is 0 Å². The van der Waals surface area contributed by atoms with E-state index in [4.69, 9.17) is 17.3 Å². The summed E-state index contributed by atoms with van der Waals surface area (Å²) in [4.78, 5) is 12.6. The average Bonchev–Trinajstić information content (AvgIpc) is 2.99. The predicted octanol–water partition coefficient (Wildman–Crippen LogP) is 2.50. The predicted molar refractivity (Wildman–Crippen MR) is 76.3 cm³/mol. The van der Waals surface area contributed by atoms with Gasteiger partial charge in [-0.15, -0.1) is 0 Å². The zero-order chi connectivity index (χ0) is 14.0. The maximum Gasteiger partial charge on any atom is 0.146 e. The molecule has 0 aliphatic heterocycles. The quantitative estimate of drug-likeness (QED) is 0.903. The number of aromatic nitrogens is 2. The Balaban J connectivity index is 2.23. The van der Waals surface area contributed by atoms with Gasteiger partial charge in [-0.25, -0.2) is 0 Å². The lowest BCUT2D eigenvalue weighted by atomic mass is 9.80. The van der Waals surface area contributed by atoms with Gasteiger partial charge in [0.15, 0.2) is 0 Å². The molecular weight excluding hydrogens is 262 g/mol. The number of carbonyl (C=O) groups is 1. The maximum atomic E-state index is 12.6. The monoisotopic (exact) mass is 283 g/mol. The van der Waals surface area contributed by atoms with Crippen LogP contribution in [0.4, 0.5) is 0 Å². The van der Waals surface area contributed by atoms with Crippen molar-refractivity contribution in [1.29, 1.82) is 0 Å². The Kier molecular flexibility index (Phi) is 4.31. The number of halogens is 1. The molecular formula is C14H22ClN3O. The van der Waals surface area contributed by atoms with Crippen LogP contribution in [0.2, 0.25) is 5.02 Å². The Morgan fingerprint density at radius 2 is 2.11 bits per heavy atom. The van der Waals surface area contributed by atoms with Crippen LogP contribution in [0.15, 0.2) is 0 Å². The van der Waals surface area contributed by atoms with Crippen LogP contribution in [0.1, 0.15) is 44.0 Å². The third-order valence-corrected chi connectivity index (χ3v) is 4.82. The summed E-state index contributed by atoms with van der Waals surface area (Å²) in [5.74, 6) is 0.226. The molecule has 1 aliphatic carbocycles. The molecule has 0 atom stereocenters. The number of Topliss-reactive ketones (excluding diaryl/α,β-unsaturated/α-hetero) is 1. The zero-order valence-corrected chi connectivity index (χ0v) is 12.5. The van der Waals surface area contributed by atoms with Crippen LogP contribution in [-0.2, 0) is 17.8 Å². The number of hydrogen-bond donors (Lipinski definition) is 1. The fourth-order valence-corrected chi connectivity index (χ4v) is 3.23. The fraction of sp³-hybridized carbons (Fsp3) is 0.714. The number of carbonyl (C=O) groups excluding carboxylic acids is 1. The van der Waals surface area contributed by atoms with Gasteiger partial charge in [-0.3, -0.25) is 9.48 Å². The molecule has 1 aromatic heterocycles. The normalized spacial score (nSPS) is 17.9. The molecule has 1 aromatic rings. The molecule has 2 rings (SSSR count). The van der Waals surface area contributed by atoms with E-state index in [0.29, 0.717) is 18.0 Å². The number of nitrogens with two attached hydrogens (primary N) is 1. The lowest BCUT2D eigenvalue weighted by Gasteiger charge is -2.25. The molecule has 5 heteroatoms. The first-order valence-corrected chi connectivity index (χ1v) is 7.37. The highest BCUT2D eigenvalue weighted by Gasteiger charge is 2.39. The second-order valence-electron chi connectivity index (χ2n) is 5.45. The van der Waals surface area contributed by atoms with E-state index in [1.807, 2.05) is 18.5 Å². The zero-order valence-electron chi connectivity index (χ0n) is 11.7. The van der Waals surface area contributed by atoms with Crippen LogP contribution in [-0.4, -0.2) is 22.1 Å². The van der Waals surface area contributed by atoms with E-state index in [-0.39, 0.29) is 11.2 Å². The standard InChI is InChI=1S/C14H22ClN3O/c1-3-18-11(13(15)10(2)17-18)8-12(19)14(9-16)6-4-5-7-14/h3-9,16H2,1-2H3. The first kappa shape index (κ1) is 14.5. The maximum absolute atomic E-state index is 12.6. The minimum atomic E-state index is -0.319. The summed E-state index contributed by atoms with van der Waals surface area (Å²) >= 11 is 6.27. The van der Waals surface area contributed by atoms with Crippen molar-refractivity contribution in [1.82, 2.24) is 9.78 Å². The summed E-state index contributed by atoms with van der Waals surface area (Å²) in [6.45, 7) is 5.05. The van der Waals surface area contributed by atoms with Crippen molar-refractivity contribution in [3.63, 3.8) is 0 Å². The van der Waals surface area contributed by atoms with Gasteiger partial charge in [-0.05, 0) is 26.7 Å². The molecule has 2 N–H and O–H groups in total. The van der Waals surface area contributed by atoms with Crippen molar-refractivity contribution in [2.75, 3.05) is 6.54 Å². The minimum Gasteiger partial charge on any atom is -0.329 e. The number of aryl methyl sites for hydroxylation is 2. The molecule has 1 fully saturated rings. The molecule has 4 nitrogen and oxygen atoms in total. The van der Waals surface area contributed by atoms with E-state index in [9.17, 15) is 4.79 Å². The number of hydrogen-bond acceptors (Lipinski definition) is 3. The van der Waals surface area contributed by atoms with Gasteiger partial charge in [0.1, 0.15) is 5.78 Å². The Bertz CT molecular complexity index is 475. The summed E-state index contributed by atoms with van der Waals surface area (Å²) in [6.07, 6.45) is 4.38. The Hall–Kier alpha value is -0.870. The van der Waals surface area contributed by atoms with E-state index in [1.54, 1.807) is 0 Å². The first-order chi connectivity index (χ1) is 9.04. The van der Waals surface area contributed by atoms with E-state index < -0.39 is 0 Å². The Morgan fingerprint density at radius 3 is 2.63 bits per heavy atom. The van der Waals surface area contributed by atoms with Gasteiger partial charge in [0.2, 0.25) is 0 Å². The van der Waals surface area contributed by atoms with Gasteiger partial charge < -0.3 is 5.73 Å². The molecule has 0 amide bonds. The topological polar surface area (TPSA) is 60.9 Å². The summed E-state index contributed by atoms with van der Waals surface area (Å²) < 4.78 is 1.83. The molecule has 19 heavy (non-hydrogen) atoms.